The Morgan fingerprint density at radius 2 is 2.24 bits per heavy atom. The zero-order valence-corrected chi connectivity index (χ0v) is 8.57. The van der Waals surface area contributed by atoms with Crippen molar-refractivity contribution in [1.82, 2.24) is 10.1 Å². The Balaban J connectivity index is 2.41. The normalized spacial score (nSPS) is 10.4. The lowest BCUT2D eigenvalue weighted by Gasteiger charge is -1.96. The first-order valence-corrected chi connectivity index (χ1v) is 4.60. The molecular weight excluding hydrogens is 228 g/mol. The van der Waals surface area contributed by atoms with Crippen molar-refractivity contribution in [1.29, 1.82) is 0 Å². The monoisotopic (exact) mass is 236 g/mol. The van der Waals surface area contributed by atoms with Gasteiger partial charge in [0, 0.05) is 6.07 Å². The molecule has 0 saturated carbocycles. The highest BCUT2D eigenvalue weighted by atomic mass is 16.6. The van der Waals surface area contributed by atoms with Gasteiger partial charge in [-0.15, -0.1) is 0 Å². The van der Waals surface area contributed by atoms with Crippen molar-refractivity contribution in [2.24, 2.45) is 5.90 Å². The van der Waals surface area contributed by atoms with Crippen LogP contribution >= 0.6 is 0 Å². The number of hydrogen-bond donors (Lipinski definition) is 1. The second-order valence-corrected chi connectivity index (χ2v) is 3.10. The van der Waals surface area contributed by atoms with E-state index in [4.69, 9.17) is 10.4 Å². The van der Waals surface area contributed by atoms with Gasteiger partial charge in [0.1, 0.15) is 12.2 Å². The van der Waals surface area contributed by atoms with Crippen molar-refractivity contribution in [3.05, 3.63) is 40.3 Å². The summed E-state index contributed by atoms with van der Waals surface area (Å²) in [5, 5.41) is 14.4. The van der Waals surface area contributed by atoms with Crippen LogP contribution in [0.15, 0.2) is 28.8 Å². The van der Waals surface area contributed by atoms with Gasteiger partial charge < -0.3 is 4.52 Å². The lowest BCUT2D eigenvalue weighted by molar-refractivity contribution is -0.384. The topological polar surface area (TPSA) is 117 Å². The maximum absolute atomic E-state index is 10.8. The summed E-state index contributed by atoms with van der Waals surface area (Å²) in [5.74, 6) is 5.13. The summed E-state index contributed by atoms with van der Waals surface area (Å²) in [7, 11) is 0. The van der Waals surface area contributed by atoms with Crippen molar-refractivity contribution >= 4 is 5.69 Å². The Bertz CT molecular complexity index is 539. The maximum atomic E-state index is 10.8. The van der Waals surface area contributed by atoms with Crippen LogP contribution in [0.1, 0.15) is 5.89 Å². The van der Waals surface area contributed by atoms with Gasteiger partial charge in [0.05, 0.1) is 4.92 Å². The number of nitrogens with two attached hydrogens (primary N) is 1. The van der Waals surface area contributed by atoms with Gasteiger partial charge in [0.25, 0.3) is 11.6 Å². The minimum absolute atomic E-state index is 0.0480. The zero-order valence-electron chi connectivity index (χ0n) is 8.57. The fraction of sp³-hybridized carbons (Fsp3) is 0.111. The molecule has 0 spiro atoms. The number of nitro benzene ring substituents is 1. The molecule has 8 nitrogen and oxygen atoms in total. The van der Waals surface area contributed by atoms with Gasteiger partial charge in [0.2, 0.25) is 5.82 Å². The summed E-state index contributed by atoms with van der Waals surface area (Å²) in [5.41, 5.74) is 0.193. The molecule has 0 aliphatic carbocycles. The quantitative estimate of drug-likeness (QED) is 0.622. The van der Waals surface area contributed by atoms with Crippen LogP contribution in [-0.4, -0.2) is 15.1 Å². The van der Waals surface area contributed by atoms with Crippen molar-refractivity contribution in [2.75, 3.05) is 0 Å². The van der Waals surface area contributed by atoms with E-state index in [1.54, 1.807) is 12.1 Å². The molecule has 2 N–H and O–H groups in total. The van der Waals surface area contributed by atoms with E-state index in [0.29, 0.717) is 0 Å². The molecule has 0 amide bonds. The third kappa shape index (κ3) is 2.27. The maximum Gasteiger partial charge on any atom is 0.280 e. The molecule has 88 valence electrons. The predicted molar refractivity (Wildman–Crippen MR) is 55.4 cm³/mol. The molecule has 1 heterocycles. The molecule has 0 radical (unpaired) electrons. The SMILES string of the molecule is NOCc1nc(-c2ccccc2[N+](=O)[O-])no1. The highest BCUT2D eigenvalue weighted by molar-refractivity contribution is 5.67. The fourth-order valence-corrected chi connectivity index (χ4v) is 1.32. The number of nitro groups is 1. The Hall–Kier alpha value is -2.32. The molecule has 0 atom stereocenters. The van der Waals surface area contributed by atoms with Crippen LogP contribution in [0.5, 0.6) is 0 Å². The molecule has 1 aromatic heterocycles. The van der Waals surface area contributed by atoms with Crippen LogP contribution in [0, 0.1) is 10.1 Å². The van der Waals surface area contributed by atoms with E-state index in [-0.39, 0.29) is 29.6 Å². The van der Waals surface area contributed by atoms with Gasteiger partial charge in [-0.2, -0.15) is 4.98 Å². The third-order valence-electron chi connectivity index (χ3n) is 2.02. The third-order valence-corrected chi connectivity index (χ3v) is 2.02. The Morgan fingerprint density at radius 3 is 2.94 bits per heavy atom. The van der Waals surface area contributed by atoms with Crippen LogP contribution < -0.4 is 5.90 Å². The largest absolute Gasteiger partial charge is 0.336 e. The van der Waals surface area contributed by atoms with Gasteiger partial charge in [-0.05, 0) is 6.07 Å². The summed E-state index contributed by atoms with van der Waals surface area (Å²) in [6, 6.07) is 6.12. The Labute approximate surface area is 95.1 Å². The van der Waals surface area contributed by atoms with Crippen LogP contribution in [0.3, 0.4) is 0 Å². The van der Waals surface area contributed by atoms with Crippen molar-refractivity contribution in [2.45, 2.75) is 6.61 Å². The van der Waals surface area contributed by atoms with Gasteiger partial charge in [0.15, 0.2) is 0 Å². The molecule has 0 fully saturated rings. The number of aromatic nitrogens is 2. The molecule has 0 bridgehead atoms. The van der Waals surface area contributed by atoms with Gasteiger partial charge in [-0.3, -0.25) is 15.0 Å². The molecular formula is C9H8N4O4. The lowest BCUT2D eigenvalue weighted by Crippen LogP contribution is -1.99. The second kappa shape index (κ2) is 4.68. The zero-order chi connectivity index (χ0) is 12.3. The first-order chi connectivity index (χ1) is 8.22. The minimum atomic E-state index is -0.509. The van der Waals surface area contributed by atoms with E-state index < -0.39 is 4.92 Å². The fourth-order valence-electron chi connectivity index (χ4n) is 1.32. The van der Waals surface area contributed by atoms with Crippen LogP contribution in [0.4, 0.5) is 5.69 Å². The lowest BCUT2D eigenvalue weighted by atomic mass is 10.2. The first kappa shape index (κ1) is 11.2. The Kier molecular flexibility index (Phi) is 3.08. The van der Waals surface area contributed by atoms with Crippen molar-refractivity contribution in [3.63, 3.8) is 0 Å². The predicted octanol–water partition coefficient (Wildman–Crippen LogP) is 1.04. The van der Waals surface area contributed by atoms with Gasteiger partial charge >= 0.3 is 0 Å². The molecule has 0 saturated heterocycles. The summed E-state index contributed by atoms with van der Waals surface area (Å²) in [4.78, 5) is 18.5. The van der Waals surface area contributed by atoms with E-state index in [9.17, 15) is 10.1 Å². The summed E-state index contributed by atoms with van der Waals surface area (Å²) < 4.78 is 4.81. The van der Waals surface area contributed by atoms with Gasteiger partial charge in [-0.25, -0.2) is 5.90 Å². The van der Waals surface area contributed by atoms with Crippen LogP contribution in [0.25, 0.3) is 11.4 Å². The first-order valence-electron chi connectivity index (χ1n) is 4.60. The Morgan fingerprint density at radius 1 is 1.47 bits per heavy atom. The number of nitrogens with zero attached hydrogens (tertiary/aromatic N) is 3. The standard InChI is InChI=1S/C9H8N4O4/c10-16-5-8-11-9(12-17-8)6-3-1-2-4-7(6)13(14)15/h1-4H,5,10H2. The summed E-state index contributed by atoms with van der Waals surface area (Å²) in [6.07, 6.45) is 0. The number of rotatable bonds is 4. The van der Waals surface area contributed by atoms with Crippen LogP contribution in [0.2, 0.25) is 0 Å². The highest BCUT2D eigenvalue weighted by Crippen LogP contribution is 2.26. The molecule has 17 heavy (non-hydrogen) atoms. The molecule has 0 unspecified atom stereocenters. The molecule has 2 aromatic rings. The van der Waals surface area contributed by atoms with E-state index in [1.807, 2.05) is 0 Å². The molecule has 1 aromatic carbocycles. The minimum Gasteiger partial charge on any atom is -0.336 e. The van der Waals surface area contributed by atoms with E-state index in [2.05, 4.69) is 15.0 Å². The average molecular weight is 236 g/mol. The van der Waals surface area contributed by atoms with E-state index in [1.165, 1.54) is 12.1 Å². The summed E-state index contributed by atoms with van der Waals surface area (Å²) in [6.45, 7) is -0.0480. The van der Waals surface area contributed by atoms with Crippen molar-refractivity contribution in [3.8, 4) is 11.4 Å². The number of hydrogen-bond acceptors (Lipinski definition) is 7. The van der Waals surface area contributed by atoms with Gasteiger partial charge in [-0.1, -0.05) is 17.3 Å². The summed E-state index contributed by atoms with van der Waals surface area (Å²) >= 11 is 0. The van der Waals surface area contributed by atoms with Crippen LogP contribution in [-0.2, 0) is 11.4 Å². The molecule has 8 heteroatoms. The second-order valence-electron chi connectivity index (χ2n) is 3.10. The van der Waals surface area contributed by atoms with E-state index in [0.717, 1.165) is 0 Å². The highest BCUT2D eigenvalue weighted by Gasteiger charge is 2.18. The average Bonchev–Trinajstić information content (AvgIpc) is 2.78. The number of para-hydroxylation sites is 1. The molecule has 2 rings (SSSR count). The molecule has 0 aliphatic heterocycles. The van der Waals surface area contributed by atoms with Crippen molar-refractivity contribution < 1.29 is 14.3 Å². The molecule has 0 aliphatic rings. The number of benzene rings is 1. The smallest absolute Gasteiger partial charge is 0.280 e. The van der Waals surface area contributed by atoms with E-state index >= 15 is 0 Å².